The maximum atomic E-state index is 13.8. The maximum absolute atomic E-state index is 13.8. The van der Waals surface area contributed by atoms with Gasteiger partial charge >= 0.3 is 7.37 Å². The second kappa shape index (κ2) is 6.36. The van der Waals surface area contributed by atoms with Crippen LogP contribution < -0.4 is 10.6 Å². The molecule has 0 saturated heterocycles. The molecule has 1 atom stereocenters. The lowest BCUT2D eigenvalue weighted by Crippen LogP contribution is -2.25. The predicted molar refractivity (Wildman–Crippen MR) is 98.4 cm³/mol. The highest BCUT2D eigenvalue weighted by molar-refractivity contribution is 7.74. The van der Waals surface area contributed by atoms with E-state index in [1.807, 2.05) is 19.1 Å². The van der Waals surface area contributed by atoms with Crippen LogP contribution in [-0.4, -0.2) is 0 Å². The van der Waals surface area contributed by atoms with Gasteiger partial charge < -0.3 is 4.52 Å². The van der Waals surface area contributed by atoms with Crippen LogP contribution in [-0.2, 0) is 9.09 Å². The standard InChI is InChI=1S/C18H17Cl2O2P/c1-3-15-16-11-13(20)7-10-18(16)23(21,22-17(15)4-2)14-8-5-12(19)6-9-14/h5-11H,3-4H2,1-2H3. The van der Waals surface area contributed by atoms with Gasteiger partial charge in [-0.25, -0.2) is 0 Å². The van der Waals surface area contributed by atoms with Crippen LogP contribution >= 0.6 is 30.6 Å². The van der Waals surface area contributed by atoms with Gasteiger partial charge in [-0.1, -0.05) is 37.0 Å². The summed E-state index contributed by atoms with van der Waals surface area (Å²) in [7, 11) is -3.19. The fourth-order valence-corrected chi connectivity index (χ4v) is 5.57. The summed E-state index contributed by atoms with van der Waals surface area (Å²) in [5.41, 5.74) is 2.01. The SMILES string of the molecule is CCC1=C(CC)c2cc(Cl)ccc2P(=O)(c2ccc(Cl)cc2)O1. The summed E-state index contributed by atoms with van der Waals surface area (Å²) in [6.07, 6.45) is 1.49. The molecule has 1 aliphatic heterocycles. The summed E-state index contributed by atoms with van der Waals surface area (Å²) < 4.78 is 19.8. The van der Waals surface area contributed by atoms with E-state index in [1.54, 1.807) is 30.3 Å². The molecule has 1 aliphatic rings. The highest BCUT2D eigenvalue weighted by Gasteiger charge is 2.38. The Hall–Kier alpha value is -1.21. The Labute approximate surface area is 146 Å². The smallest absolute Gasteiger partial charge is 0.307 e. The van der Waals surface area contributed by atoms with Crippen LogP contribution in [0, 0.1) is 0 Å². The quantitative estimate of drug-likeness (QED) is 0.643. The molecule has 0 saturated carbocycles. The molecule has 0 aliphatic carbocycles. The van der Waals surface area contributed by atoms with E-state index in [1.165, 1.54) is 0 Å². The minimum atomic E-state index is -3.19. The Bertz CT molecular complexity index is 825. The van der Waals surface area contributed by atoms with Crippen molar-refractivity contribution in [3.63, 3.8) is 0 Å². The average molecular weight is 367 g/mol. The van der Waals surface area contributed by atoms with E-state index in [2.05, 4.69) is 6.92 Å². The van der Waals surface area contributed by atoms with Gasteiger partial charge in [0, 0.05) is 16.5 Å². The zero-order valence-corrected chi connectivity index (χ0v) is 15.4. The number of halogens is 2. The molecule has 2 nitrogen and oxygen atoms in total. The summed E-state index contributed by atoms with van der Waals surface area (Å²) >= 11 is 12.1. The van der Waals surface area contributed by atoms with Crippen LogP contribution in [0.15, 0.2) is 48.2 Å². The number of hydrogen-bond acceptors (Lipinski definition) is 2. The van der Waals surface area contributed by atoms with Crippen molar-refractivity contribution in [3.8, 4) is 0 Å². The van der Waals surface area contributed by atoms with Crippen molar-refractivity contribution in [2.24, 2.45) is 0 Å². The minimum Gasteiger partial charge on any atom is -0.441 e. The van der Waals surface area contributed by atoms with Crippen LogP contribution in [0.2, 0.25) is 10.0 Å². The highest BCUT2D eigenvalue weighted by Crippen LogP contribution is 2.54. The largest absolute Gasteiger partial charge is 0.441 e. The van der Waals surface area contributed by atoms with Crippen molar-refractivity contribution in [1.82, 2.24) is 0 Å². The normalized spacial score (nSPS) is 20.2. The molecule has 2 aromatic rings. The molecule has 0 N–H and O–H groups in total. The highest BCUT2D eigenvalue weighted by atomic mass is 35.5. The Morgan fingerprint density at radius 2 is 1.61 bits per heavy atom. The molecule has 5 heteroatoms. The molecule has 120 valence electrons. The van der Waals surface area contributed by atoms with Gasteiger partial charge in [0.25, 0.3) is 0 Å². The van der Waals surface area contributed by atoms with E-state index in [9.17, 15) is 4.57 Å². The van der Waals surface area contributed by atoms with Crippen LogP contribution in [0.4, 0.5) is 0 Å². The van der Waals surface area contributed by atoms with Gasteiger partial charge in [-0.05, 0) is 60.0 Å². The third-order valence-electron chi connectivity index (χ3n) is 4.02. The van der Waals surface area contributed by atoms with Gasteiger partial charge in [0.2, 0.25) is 0 Å². The molecule has 1 unspecified atom stereocenters. The van der Waals surface area contributed by atoms with Crippen LogP contribution in [0.3, 0.4) is 0 Å². The minimum absolute atomic E-state index is 0.606. The number of benzene rings is 2. The van der Waals surface area contributed by atoms with Gasteiger partial charge in [0.15, 0.2) is 0 Å². The third kappa shape index (κ3) is 2.85. The van der Waals surface area contributed by atoms with E-state index in [0.717, 1.165) is 23.3 Å². The fourth-order valence-electron chi connectivity index (χ4n) is 2.91. The summed E-state index contributed by atoms with van der Waals surface area (Å²) in [5.74, 6) is 0.778. The Morgan fingerprint density at radius 1 is 0.957 bits per heavy atom. The number of rotatable bonds is 3. The molecule has 0 radical (unpaired) electrons. The molecular weight excluding hydrogens is 350 g/mol. The molecule has 0 aromatic heterocycles. The first-order chi connectivity index (χ1) is 11.0. The first kappa shape index (κ1) is 16.6. The molecule has 0 fully saturated rings. The summed E-state index contributed by atoms with van der Waals surface area (Å²) in [6.45, 7) is 4.07. The van der Waals surface area contributed by atoms with Gasteiger partial charge in [-0.15, -0.1) is 0 Å². The fraction of sp³-hybridized carbons (Fsp3) is 0.222. The van der Waals surface area contributed by atoms with Crippen LogP contribution in [0.5, 0.6) is 0 Å². The second-order valence-electron chi connectivity index (χ2n) is 5.39. The maximum Gasteiger partial charge on any atom is 0.307 e. The predicted octanol–water partition coefficient (Wildman–Crippen LogP) is 5.78. The summed E-state index contributed by atoms with van der Waals surface area (Å²) in [4.78, 5) is 0. The second-order valence-corrected chi connectivity index (χ2v) is 8.55. The van der Waals surface area contributed by atoms with E-state index in [4.69, 9.17) is 27.7 Å². The summed E-state index contributed by atoms with van der Waals surface area (Å²) in [6, 6.07) is 12.5. The zero-order valence-electron chi connectivity index (χ0n) is 13.0. The van der Waals surface area contributed by atoms with Crippen molar-refractivity contribution in [3.05, 3.63) is 63.8 Å². The molecule has 1 heterocycles. The van der Waals surface area contributed by atoms with Crippen molar-refractivity contribution >= 4 is 46.8 Å². The van der Waals surface area contributed by atoms with Gasteiger partial charge in [-0.2, -0.15) is 0 Å². The third-order valence-corrected chi connectivity index (χ3v) is 6.98. The monoisotopic (exact) mass is 366 g/mol. The van der Waals surface area contributed by atoms with E-state index in [-0.39, 0.29) is 0 Å². The van der Waals surface area contributed by atoms with Crippen molar-refractivity contribution < 1.29 is 9.09 Å². The van der Waals surface area contributed by atoms with Crippen molar-refractivity contribution in [1.29, 1.82) is 0 Å². The molecule has 2 aromatic carbocycles. The number of allylic oxidation sites excluding steroid dienone is 2. The molecule has 23 heavy (non-hydrogen) atoms. The first-order valence-corrected chi connectivity index (χ1v) is 9.96. The number of fused-ring (bicyclic) bond motifs is 1. The van der Waals surface area contributed by atoms with Gasteiger partial charge in [0.05, 0.1) is 10.6 Å². The van der Waals surface area contributed by atoms with E-state index in [0.29, 0.717) is 27.1 Å². The zero-order chi connectivity index (χ0) is 16.6. The van der Waals surface area contributed by atoms with Gasteiger partial charge in [0.1, 0.15) is 5.76 Å². The molecular formula is C18H17Cl2O2P. The Balaban J connectivity index is 2.28. The molecule has 0 bridgehead atoms. The lowest BCUT2D eigenvalue weighted by Gasteiger charge is -2.30. The molecule has 0 amide bonds. The average Bonchev–Trinajstić information content (AvgIpc) is 2.54. The Kier molecular flexibility index (Phi) is 4.60. The van der Waals surface area contributed by atoms with Crippen molar-refractivity contribution in [2.45, 2.75) is 26.7 Å². The van der Waals surface area contributed by atoms with Crippen molar-refractivity contribution in [2.75, 3.05) is 0 Å². The number of hydrogen-bond donors (Lipinski definition) is 0. The Morgan fingerprint density at radius 3 is 2.22 bits per heavy atom. The molecule has 3 rings (SSSR count). The lowest BCUT2D eigenvalue weighted by atomic mass is 10.0. The lowest BCUT2D eigenvalue weighted by molar-refractivity contribution is 0.406. The van der Waals surface area contributed by atoms with E-state index >= 15 is 0 Å². The van der Waals surface area contributed by atoms with Crippen LogP contribution in [0.25, 0.3) is 5.57 Å². The summed E-state index contributed by atoms with van der Waals surface area (Å²) in [5, 5.41) is 2.59. The van der Waals surface area contributed by atoms with Gasteiger partial charge in [-0.3, -0.25) is 4.57 Å². The molecule has 0 spiro atoms. The first-order valence-electron chi connectivity index (χ1n) is 7.58. The topological polar surface area (TPSA) is 26.3 Å². The van der Waals surface area contributed by atoms with E-state index < -0.39 is 7.37 Å². The van der Waals surface area contributed by atoms with Crippen LogP contribution in [0.1, 0.15) is 32.3 Å².